The molecule has 0 radical (unpaired) electrons. The van der Waals surface area contributed by atoms with Crippen LogP contribution in [0.5, 0.6) is 0 Å². The van der Waals surface area contributed by atoms with Crippen molar-refractivity contribution >= 4 is 0 Å². The van der Waals surface area contributed by atoms with Crippen LogP contribution < -0.4 is 0 Å². The molecule has 1 aliphatic carbocycles. The summed E-state index contributed by atoms with van der Waals surface area (Å²) in [5, 5.41) is 13.6. The summed E-state index contributed by atoms with van der Waals surface area (Å²) in [5.41, 5.74) is 2.73. The second kappa shape index (κ2) is 9.92. The van der Waals surface area contributed by atoms with Crippen LogP contribution >= 0.6 is 0 Å². The summed E-state index contributed by atoms with van der Waals surface area (Å²) >= 11 is 0. The first-order chi connectivity index (χ1) is 16.1. The molecule has 0 amide bonds. The minimum absolute atomic E-state index is 0.162. The van der Waals surface area contributed by atoms with Crippen LogP contribution in [0.15, 0.2) is 47.2 Å². The fraction of sp³-hybridized carbons (Fsp3) is 0.462. The van der Waals surface area contributed by atoms with Crippen molar-refractivity contribution in [2.75, 3.05) is 6.61 Å². The lowest BCUT2D eigenvalue weighted by Gasteiger charge is -2.26. The highest BCUT2D eigenvalue weighted by atomic mass is 16.7. The molecule has 172 valence electrons. The van der Waals surface area contributed by atoms with Crippen molar-refractivity contribution in [2.24, 2.45) is 5.92 Å². The lowest BCUT2D eigenvalue weighted by Crippen LogP contribution is -2.26. The Labute approximate surface area is 193 Å². The molecule has 0 spiro atoms. The first-order valence-corrected chi connectivity index (χ1v) is 11.7. The van der Waals surface area contributed by atoms with Crippen molar-refractivity contribution in [3.8, 4) is 23.2 Å². The molecule has 3 aromatic rings. The van der Waals surface area contributed by atoms with E-state index in [2.05, 4.69) is 22.0 Å². The molecular formula is C26H29N3O4. The van der Waals surface area contributed by atoms with Gasteiger partial charge in [-0.1, -0.05) is 17.0 Å². The van der Waals surface area contributed by atoms with Gasteiger partial charge in [-0.25, -0.2) is 4.98 Å². The topological polar surface area (TPSA) is 82.5 Å². The Kier molecular flexibility index (Phi) is 6.58. The number of benzene rings is 1. The highest BCUT2D eigenvalue weighted by Crippen LogP contribution is 2.27. The summed E-state index contributed by atoms with van der Waals surface area (Å²) in [6.45, 7) is 3.31. The van der Waals surface area contributed by atoms with E-state index < -0.39 is 0 Å². The smallest absolute Gasteiger partial charge is 0.167 e. The third kappa shape index (κ3) is 5.36. The van der Waals surface area contributed by atoms with Crippen molar-refractivity contribution in [2.45, 2.75) is 64.1 Å². The van der Waals surface area contributed by atoms with Crippen molar-refractivity contribution < 1.29 is 19.1 Å². The zero-order valence-corrected chi connectivity index (χ0v) is 18.8. The molecule has 1 aromatic carbocycles. The van der Waals surface area contributed by atoms with Gasteiger partial charge in [0.1, 0.15) is 17.6 Å². The van der Waals surface area contributed by atoms with Crippen molar-refractivity contribution in [1.29, 1.82) is 0 Å². The number of aliphatic hydroxyl groups is 1. The van der Waals surface area contributed by atoms with Crippen LogP contribution in [0.3, 0.4) is 0 Å². The minimum atomic E-state index is -0.175. The van der Waals surface area contributed by atoms with E-state index >= 15 is 0 Å². The molecule has 7 nitrogen and oxygen atoms in total. The molecule has 1 aliphatic heterocycles. The van der Waals surface area contributed by atoms with Crippen molar-refractivity contribution in [1.82, 2.24) is 14.7 Å². The van der Waals surface area contributed by atoms with Gasteiger partial charge >= 0.3 is 0 Å². The van der Waals surface area contributed by atoms with Crippen molar-refractivity contribution in [3.05, 3.63) is 59.8 Å². The molecule has 2 atom stereocenters. The fourth-order valence-electron chi connectivity index (χ4n) is 4.23. The largest absolute Gasteiger partial charge is 0.393 e. The molecule has 1 N–H and O–H groups in total. The van der Waals surface area contributed by atoms with E-state index in [4.69, 9.17) is 14.0 Å². The summed E-state index contributed by atoms with van der Waals surface area (Å²) in [7, 11) is 0. The summed E-state index contributed by atoms with van der Waals surface area (Å²) in [6.07, 6.45) is 7.91. The van der Waals surface area contributed by atoms with Gasteiger partial charge in [-0.3, -0.25) is 0 Å². The summed E-state index contributed by atoms with van der Waals surface area (Å²) in [6, 6.07) is 9.91. The van der Waals surface area contributed by atoms with E-state index in [1.54, 1.807) is 6.20 Å². The first kappa shape index (κ1) is 21.9. The number of hydrogen-bond donors (Lipinski definition) is 1. The predicted octanol–water partition coefficient (Wildman–Crippen LogP) is 4.31. The van der Waals surface area contributed by atoms with Gasteiger partial charge in [0.2, 0.25) is 0 Å². The summed E-state index contributed by atoms with van der Waals surface area (Å²) < 4.78 is 19.4. The van der Waals surface area contributed by atoms with Gasteiger partial charge in [0.25, 0.3) is 0 Å². The first-order valence-electron chi connectivity index (χ1n) is 11.7. The molecule has 2 aromatic heterocycles. The number of aromatic nitrogens is 3. The Hall–Kier alpha value is -2.92. The van der Waals surface area contributed by atoms with Gasteiger partial charge in [-0.15, -0.1) is 0 Å². The van der Waals surface area contributed by atoms with Crippen LogP contribution in [0.1, 0.15) is 62.2 Å². The van der Waals surface area contributed by atoms with Gasteiger partial charge in [0.15, 0.2) is 12.1 Å². The average Bonchev–Trinajstić information content (AvgIpc) is 3.47. The lowest BCUT2D eigenvalue weighted by molar-refractivity contribution is -0.188. The fourth-order valence-corrected chi connectivity index (χ4v) is 4.23. The molecular weight excluding hydrogens is 418 g/mol. The van der Waals surface area contributed by atoms with Crippen LogP contribution in [0.2, 0.25) is 0 Å². The number of hydrogen-bond acceptors (Lipinski definition) is 6. The molecule has 1 saturated carbocycles. The third-order valence-electron chi connectivity index (χ3n) is 6.20. The molecule has 2 fully saturated rings. The highest BCUT2D eigenvalue weighted by molar-refractivity contribution is 5.59. The van der Waals surface area contributed by atoms with Gasteiger partial charge < -0.3 is 23.7 Å². The predicted molar refractivity (Wildman–Crippen MR) is 122 cm³/mol. The Bertz CT molecular complexity index is 1110. The average molecular weight is 448 g/mol. The minimum Gasteiger partial charge on any atom is -0.393 e. The Balaban J connectivity index is 1.21. The molecule has 3 heterocycles. The zero-order chi connectivity index (χ0) is 22.6. The third-order valence-corrected chi connectivity index (χ3v) is 6.20. The maximum atomic E-state index is 9.37. The molecule has 2 aliphatic rings. The Morgan fingerprint density at radius 2 is 2.09 bits per heavy atom. The second-order valence-electron chi connectivity index (χ2n) is 8.84. The van der Waals surface area contributed by atoms with Gasteiger partial charge in [-0.2, -0.15) is 0 Å². The van der Waals surface area contributed by atoms with Gasteiger partial charge in [0, 0.05) is 42.1 Å². The van der Waals surface area contributed by atoms with E-state index in [9.17, 15) is 5.11 Å². The lowest BCUT2D eigenvalue weighted by atomic mass is 9.83. The number of aliphatic hydroxyl groups excluding tert-OH is 1. The normalized spacial score (nSPS) is 23.4. The molecule has 1 saturated heterocycles. The number of ether oxygens (including phenoxy) is 2. The van der Waals surface area contributed by atoms with E-state index in [1.165, 1.54) is 0 Å². The van der Waals surface area contributed by atoms with Crippen molar-refractivity contribution in [3.63, 3.8) is 0 Å². The van der Waals surface area contributed by atoms with E-state index in [-0.39, 0.29) is 18.5 Å². The zero-order valence-electron chi connectivity index (χ0n) is 18.8. The second-order valence-corrected chi connectivity index (χ2v) is 8.84. The number of rotatable bonds is 6. The molecule has 33 heavy (non-hydrogen) atoms. The molecule has 5 rings (SSSR count). The number of nitrogens with zero attached hydrogens (tertiary/aromatic N) is 3. The van der Waals surface area contributed by atoms with E-state index in [1.807, 2.05) is 48.0 Å². The summed E-state index contributed by atoms with van der Waals surface area (Å²) in [4.78, 5) is 4.49. The van der Waals surface area contributed by atoms with E-state index in [0.29, 0.717) is 18.2 Å². The molecule has 1 unspecified atom stereocenters. The summed E-state index contributed by atoms with van der Waals surface area (Å²) in [5.74, 6) is 8.28. The highest BCUT2D eigenvalue weighted by Gasteiger charge is 2.25. The van der Waals surface area contributed by atoms with Gasteiger partial charge in [0.05, 0.1) is 12.6 Å². The quantitative estimate of drug-likeness (QED) is 0.567. The standard InChI is InChI=1S/C26H29N3O4/c1-18(32-25-4-2-3-13-31-25)26-27-11-12-29(26)17-22-16-24(33-28-22)21-9-7-19(8-10-21)5-6-20-14-23(30)15-20/h7-12,16,18,20,23,25,30H,2-4,13-15,17H2,1H3/t18-,20-,23+,25?/m0/s1. The van der Waals surface area contributed by atoms with Crippen LogP contribution in [0.25, 0.3) is 11.3 Å². The van der Waals surface area contributed by atoms with Crippen LogP contribution in [-0.4, -0.2) is 38.8 Å². The Morgan fingerprint density at radius 1 is 1.24 bits per heavy atom. The Morgan fingerprint density at radius 3 is 2.85 bits per heavy atom. The van der Waals surface area contributed by atoms with Crippen LogP contribution in [0, 0.1) is 17.8 Å². The maximum Gasteiger partial charge on any atom is 0.167 e. The maximum absolute atomic E-state index is 9.37. The van der Waals surface area contributed by atoms with Gasteiger partial charge in [-0.05, 0) is 63.3 Å². The van der Waals surface area contributed by atoms with E-state index in [0.717, 1.165) is 61.4 Å². The van der Waals surface area contributed by atoms with Crippen LogP contribution in [-0.2, 0) is 16.0 Å². The molecule has 0 bridgehead atoms. The number of imidazole rings is 1. The molecule has 7 heteroatoms. The van der Waals surface area contributed by atoms with Crippen LogP contribution in [0.4, 0.5) is 0 Å². The SMILES string of the molecule is C[C@H](OC1CCCCO1)c1nccn1Cc1cc(-c2ccc(C#C[C@H]3C[C@@H](O)C3)cc2)on1. The monoisotopic (exact) mass is 447 g/mol.